The molecule has 0 aliphatic heterocycles. The fourth-order valence-electron chi connectivity index (χ4n) is 4.44. The summed E-state index contributed by atoms with van der Waals surface area (Å²) in [6, 6.07) is 9.56. The van der Waals surface area contributed by atoms with Crippen LogP contribution < -0.4 is 5.32 Å². The topological polar surface area (TPSA) is 95.9 Å². The Kier molecular flexibility index (Phi) is 12.2. The van der Waals surface area contributed by atoms with Crippen molar-refractivity contribution in [3.05, 3.63) is 61.2 Å². The van der Waals surface area contributed by atoms with Crippen LogP contribution in [0, 0.1) is 5.92 Å². The lowest BCUT2D eigenvalue weighted by molar-refractivity contribution is -0.147. The van der Waals surface area contributed by atoms with Crippen LogP contribution in [0.15, 0.2) is 55.6 Å². The van der Waals surface area contributed by atoms with Gasteiger partial charge in [-0.15, -0.1) is 13.2 Å². The normalized spacial score (nSPS) is 15.1. The Morgan fingerprint density at radius 3 is 2.49 bits per heavy atom. The quantitative estimate of drug-likeness (QED) is 0.211. The number of hydrogen-bond donors (Lipinski definition) is 2. The van der Waals surface area contributed by atoms with Crippen molar-refractivity contribution < 1.29 is 24.2 Å². The molecule has 1 aromatic carbocycles. The molecule has 7 heteroatoms. The minimum Gasteiger partial charge on any atom is -0.463 e. The molecular formula is C28H40N2O5. The highest BCUT2D eigenvalue weighted by molar-refractivity contribution is 5.86. The van der Waals surface area contributed by atoms with E-state index < -0.39 is 11.5 Å². The van der Waals surface area contributed by atoms with E-state index in [1.165, 1.54) is 0 Å². The van der Waals surface area contributed by atoms with Gasteiger partial charge in [-0.05, 0) is 37.7 Å². The van der Waals surface area contributed by atoms with Crippen molar-refractivity contribution in [2.45, 2.75) is 69.9 Å². The average Bonchev–Trinajstić information content (AvgIpc) is 3.31. The lowest BCUT2D eigenvalue weighted by atomic mass is 9.94. The van der Waals surface area contributed by atoms with Crippen LogP contribution in [0.25, 0.3) is 0 Å². The van der Waals surface area contributed by atoms with Gasteiger partial charge in [0.1, 0.15) is 6.61 Å². The third-order valence-electron chi connectivity index (χ3n) is 6.43. The Balaban J connectivity index is 2.01. The van der Waals surface area contributed by atoms with Crippen LogP contribution >= 0.6 is 0 Å². The number of allylic oxidation sites excluding steroid dienone is 2. The molecule has 192 valence electrons. The number of benzene rings is 1. The molecular weight excluding hydrogens is 444 g/mol. The maximum absolute atomic E-state index is 13.3. The zero-order valence-corrected chi connectivity index (χ0v) is 20.8. The molecule has 2 N–H and O–H groups in total. The summed E-state index contributed by atoms with van der Waals surface area (Å²) in [6.45, 7) is 7.98. The molecule has 0 spiro atoms. The summed E-state index contributed by atoms with van der Waals surface area (Å²) in [4.78, 5) is 40.1. The van der Waals surface area contributed by atoms with Crippen molar-refractivity contribution in [1.29, 1.82) is 0 Å². The Labute approximate surface area is 209 Å². The van der Waals surface area contributed by atoms with Crippen molar-refractivity contribution in [3.63, 3.8) is 0 Å². The number of esters is 1. The van der Waals surface area contributed by atoms with E-state index in [0.717, 1.165) is 37.7 Å². The Morgan fingerprint density at radius 1 is 1.14 bits per heavy atom. The number of ether oxygens (including phenoxy) is 1. The molecule has 0 aromatic heterocycles. The zero-order chi connectivity index (χ0) is 25.5. The second kappa shape index (κ2) is 15.1. The van der Waals surface area contributed by atoms with E-state index in [2.05, 4.69) is 18.5 Å². The Morgan fingerprint density at radius 2 is 1.86 bits per heavy atom. The molecule has 1 saturated carbocycles. The highest BCUT2D eigenvalue weighted by Crippen LogP contribution is 2.31. The first-order valence-electron chi connectivity index (χ1n) is 12.5. The van der Waals surface area contributed by atoms with E-state index in [9.17, 15) is 19.5 Å². The monoisotopic (exact) mass is 484 g/mol. The molecule has 0 bridgehead atoms. The van der Waals surface area contributed by atoms with Crippen LogP contribution in [0.2, 0.25) is 0 Å². The Bertz CT molecular complexity index is 833. The number of aliphatic hydroxyl groups excluding tert-OH is 1. The third kappa shape index (κ3) is 9.68. The van der Waals surface area contributed by atoms with Gasteiger partial charge in [-0.2, -0.15) is 0 Å². The maximum atomic E-state index is 13.3. The van der Waals surface area contributed by atoms with E-state index in [0.29, 0.717) is 25.8 Å². The van der Waals surface area contributed by atoms with Gasteiger partial charge in [-0.25, -0.2) is 0 Å². The fraction of sp³-hybridized carbons (Fsp3) is 0.536. The van der Waals surface area contributed by atoms with Gasteiger partial charge in [0, 0.05) is 25.9 Å². The molecule has 0 unspecified atom stereocenters. The minimum atomic E-state index is -0.595. The summed E-state index contributed by atoms with van der Waals surface area (Å²) in [5.41, 5.74) is 0.362. The molecule has 1 aliphatic carbocycles. The van der Waals surface area contributed by atoms with Crippen molar-refractivity contribution in [3.8, 4) is 0 Å². The van der Waals surface area contributed by atoms with Crippen LogP contribution in [-0.4, -0.2) is 53.1 Å². The van der Waals surface area contributed by atoms with Gasteiger partial charge in [0.2, 0.25) is 11.8 Å². The number of nitrogens with one attached hydrogen (secondary N) is 1. The summed E-state index contributed by atoms with van der Waals surface area (Å²) in [5.74, 6) is -1.28. The van der Waals surface area contributed by atoms with Gasteiger partial charge in [0.15, 0.2) is 0 Å². The molecule has 0 radical (unpaired) electrons. The van der Waals surface area contributed by atoms with E-state index >= 15 is 0 Å². The smallest absolute Gasteiger partial charge is 0.305 e. The van der Waals surface area contributed by atoms with Crippen molar-refractivity contribution in [2.75, 3.05) is 19.8 Å². The van der Waals surface area contributed by atoms with Crippen LogP contribution in [-0.2, 0) is 25.7 Å². The summed E-state index contributed by atoms with van der Waals surface area (Å²) in [6.07, 6.45) is 8.92. The summed E-state index contributed by atoms with van der Waals surface area (Å²) < 4.78 is 5.52. The standard InChI is InChI=1S/C28H40N2O5/c1-3-5-7-15-26(33)35-22-28(16-10-11-17-28)29-27(34)24(12-4-2)20-25(32)30(18-19-31)21-23-13-8-6-9-14-23/h3-4,6,8-9,13-14,24,31H,1-2,5,7,10-12,15-22H2,(H,29,34)/t24-/m1/s1. The summed E-state index contributed by atoms with van der Waals surface area (Å²) >= 11 is 0. The zero-order valence-electron chi connectivity index (χ0n) is 20.8. The molecule has 1 aliphatic rings. The van der Waals surface area contributed by atoms with Gasteiger partial charge in [-0.1, -0.05) is 55.3 Å². The van der Waals surface area contributed by atoms with Crippen molar-refractivity contribution in [1.82, 2.24) is 10.2 Å². The molecule has 1 atom stereocenters. The minimum absolute atomic E-state index is 0.0160. The second-order valence-electron chi connectivity index (χ2n) is 9.27. The molecule has 0 heterocycles. The molecule has 2 rings (SSSR count). The molecule has 1 fully saturated rings. The predicted molar refractivity (Wildman–Crippen MR) is 136 cm³/mol. The third-order valence-corrected chi connectivity index (χ3v) is 6.43. The van der Waals surface area contributed by atoms with Crippen LogP contribution in [0.4, 0.5) is 0 Å². The number of aliphatic hydroxyl groups is 1. The second-order valence-corrected chi connectivity index (χ2v) is 9.27. The first-order chi connectivity index (χ1) is 16.9. The highest BCUT2D eigenvalue weighted by Gasteiger charge is 2.38. The molecule has 2 amide bonds. The number of amides is 2. The van der Waals surface area contributed by atoms with Gasteiger partial charge < -0.3 is 20.1 Å². The van der Waals surface area contributed by atoms with Gasteiger partial charge in [-0.3, -0.25) is 14.4 Å². The van der Waals surface area contributed by atoms with E-state index in [1.807, 2.05) is 30.3 Å². The first-order valence-corrected chi connectivity index (χ1v) is 12.5. The van der Waals surface area contributed by atoms with E-state index in [-0.39, 0.29) is 44.0 Å². The van der Waals surface area contributed by atoms with E-state index in [4.69, 9.17) is 4.74 Å². The molecule has 1 aromatic rings. The van der Waals surface area contributed by atoms with Crippen molar-refractivity contribution in [2.24, 2.45) is 5.92 Å². The summed E-state index contributed by atoms with van der Waals surface area (Å²) in [7, 11) is 0. The lowest BCUT2D eigenvalue weighted by Gasteiger charge is -2.32. The Hall–Kier alpha value is -2.93. The van der Waals surface area contributed by atoms with Gasteiger partial charge in [0.25, 0.3) is 0 Å². The number of nitrogens with zero attached hydrogens (tertiary/aromatic N) is 1. The molecule has 0 saturated heterocycles. The SMILES string of the molecule is C=CCCCC(=O)OCC1(NC(=O)[C@H](CC=C)CC(=O)N(CCO)Cc2ccccc2)CCCC1. The largest absolute Gasteiger partial charge is 0.463 e. The first kappa shape index (κ1) is 28.3. The van der Waals surface area contributed by atoms with Gasteiger partial charge in [0.05, 0.1) is 18.1 Å². The molecule has 7 nitrogen and oxygen atoms in total. The predicted octanol–water partition coefficient (Wildman–Crippen LogP) is 3.92. The molecule has 35 heavy (non-hydrogen) atoms. The van der Waals surface area contributed by atoms with E-state index in [1.54, 1.807) is 17.1 Å². The fourth-order valence-corrected chi connectivity index (χ4v) is 4.44. The number of hydrogen-bond acceptors (Lipinski definition) is 5. The average molecular weight is 485 g/mol. The van der Waals surface area contributed by atoms with Crippen LogP contribution in [0.5, 0.6) is 0 Å². The number of carbonyl (C=O) groups is 3. The summed E-state index contributed by atoms with van der Waals surface area (Å²) in [5, 5.41) is 12.6. The van der Waals surface area contributed by atoms with Crippen LogP contribution in [0.3, 0.4) is 0 Å². The maximum Gasteiger partial charge on any atom is 0.305 e. The van der Waals surface area contributed by atoms with Gasteiger partial charge >= 0.3 is 5.97 Å². The number of carbonyl (C=O) groups excluding carboxylic acids is 3. The number of unbranched alkanes of at least 4 members (excludes halogenated alkanes) is 1. The highest BCUT2D eigenvalue weighted by atomic mass is 16.5. The lowest BCUT2D eigenvalue weighted by Crippen LogP contribution is -2.52. The van der Waals surface area contributed by atoms with Crippen LogP contribution in [0.1, 0.15) is 63.4 Å². The number of rotatable bonds is 16. The van der Waals surface area contributed by atoms with Crippen molar-refractivity contribution >= 4 is 17.8 Å².